The van der Waals surface area contributed by atoms with Gasteiger partial charge in [0.2, 0.25) is 11.8 Å². The zero-order valence-corrected chi connectivity index (χ0v) is 18.9. The van der Waals surface area contributed by atoms with Gasteiger partial charge in [-0.15, -0.1) is 0 Å². The molecule has 0 bridgehead atoms. The van der Waals surface area contributed by atoms with Crippen LogP contribution in [0.1, 0.15) is 6.92 Å². The Hall–Kier alpha value is -3.99. The number of hydrogen-bond acceptors (Lipinski definition) is 8. The molecule has 11 heteroatoms. The summed E-state index contributed by atoms with van der Waals surface area (Å²) < 4.78 is 12.6. The number of ether oxygens (including phenoxy) is 2. The van der Waals surface area contributed by atoms with Crippen LogP contribution < -0.4 is 25.7 Å². The zero-order chi connectivity index (χ0) is 23.5. The Bertz CT molecular complexity index is 1380. The second-order valence-electron chi connectivity index (χ2n) is 7.17. The Morgan fingerprint density at radius 1 is 1.12 bits per heavy atom. The van der Waals surface area contributed by atoms with Gasteiger partial charge in [0.05, 0.1) is 41.7 Å². The first-order valence-corrected chi connectivity index (χ1v) is 10.8. The quantitative estimate of drug-likeness (QED) is 0.427. The van der Waals surface area contributed by atoms with E-state index >= 15 is 0 Å². The van der Waals surface area contributed by atoms with Crippen LogP contribution in [0.5, 0.6) is 11.5 Å². The van der Waals surface area contributed by atoms with Crippen molar-refractivity contribution < 1.29 is 19.1 Å². The zero-order valence-electron chi connectivity index (χ0n) is 18.1. The molecule has 2 aromatic heterocycles. The van der Waals surface area contributed by atoms with E-state index < -0.39 is 23.4 Å². The van der Waals surface area contributed by atoms with Gasteiger partial charge in [-0.3, -0.25) is 19.0 Å². The lowest BCUT2D eigenvalue weighted by atomic mass is 10.2. The summed E-state index contributed by atoms with van der Waals surface area (Å²) in [6.45, 7) is 1.26. The summed E-state index contributed by atoms with van der Waals surface area (Å²) >= 11 is 1.34. The van der Waals surface area contributed by atoms with E-state index in [0.717, 1.165) is 10.2 Å². The average molecular weight is 468 g/mol. The van der Waals surface area contributed by atoms with E-state index in [9.17, 15) is 14.4 Å². The third kappa shape index (κ3) is 4.62. The molecule has 10 nitrogen and oxygen atoms in total. The summed E-state index contributed by atoms with van der Waals surface area (Å²) in [6.07, 6.45) is 1.28. The fourth-order valence-electron chi connectivity index (χ4n) is 3.24. The second-order valence-corrected chi connectivity index (χ2v) is 8.20. The molecule has 0 fully saturated rings. The summed E-state index contributed by atoms with van der Waals surface area (Å²) in [5.74, 6) is -0.0968. The normalized spacial score (nSPS) is 11.8. The fourth-order valence-corrected chi connectivity index (χ4v) is 4.11. The van der Waals surface area contributed by atoms with E-state index in [2.05, 4.69) is 20.6 Å². The third-order valence-electron chi connectivity index (χ3n) is 4.94. The molecule has 2 aromatic carbocycles. The second kappa shape index (κ2) is 9.25. The predicted molar refractivity (Wildman–Crippen MR) is 125 cm³/mol. The van der Waals surface area contributed by atoms with E-state index in [0.29, 0.717) is 22.1 Å². The number of carbonyl (C=O) groups excluding carboxylic acids is 2. The maximum Gasteiger partial charge on any atom is 0.261 e. The van der Waals surface area contributed by atoms with Crippen LogP contribution in [-0.4, -0.2) is 46.6 Å². The highest BCUT2D eigenvalue weighted by molar-refractivity contribution is 7.22. The van der Waals surface area contributed by atoms with Crippen molar-refractivity contribution in [3.05, 3.63) is 53.1 Å². The number of nitrogens with one attached hydrogen (secondary N) is 2. The Morgan fingerprint density at radius 3 is 2.58 bits per heavy atom. The van der Waals surface area contributed by atoms with E-state index in [1.807, 2.05) is 24.3 Å². The van der Waals surface area contributed by atoms with Crippen LogP contribution in [-0.2, 0) is 16.1 Å². The molecule has 0 aliphatic rings. The Morgan fingerprint density at radius 2 is 1.85 bits per heavy atom. The molecular formula is C22H21N5O5S. The number of nitrogens with zero attached hydrogens (tertiary/aromatic N) is 3. The number of benzene rings is 2. The SMILES string of the molecule is COc1cc2ncn(CC(=O)N[C@H](C)C(=O)Nc3nc4ccccc4s3)c(=O)c2cc1OC. The molecule has 2 amide bonds. The van der Waals surface area contributed by atoms with Crippen molar-refractivity contribution in [3.63, 3.8) is 0 Å². The van der Waals surface area contributed by atoms with Gasteiger partial charge in [-0.2, -0.15) is 0 Å². The van der Waals surface area contributed by atoms with E-state index in [1.165, 1.54) is 42.5 Å². The molecule has 0 aliphatic carbocycles. The van der Waals surface area contributed by atoms with Crippen molar-refractivity contribution >= 4 is 49.4 Å². The first-order valence-electron chi connectivity index (χ1n) is 9.96. The van der Waals surface area contributed by atoms with Crippen molar-refractivity contribution in [1.29, 1.82) is 0 Å². The molecular weight excluding hydrogens is 446 g/mol. The lowest BCUT2D eigenvalue weighted by Gasteiger charge is -2.14. The number of hydrogen-bond donors (Lipinski definition) is 2. The van der Waals surface area contributed by atoms with Crippen molar-refractivity contribution in [1.82, 2.24) is 19.9 Å². The molecule has 0 saturated carbocycles. The third-order valence-corrected chi connectivity index (χ3v) is 5.89. The number of para-hydroxylation sites is 1. The summed E-state index contributed by atoms with van der Waals surface area (Å²) in [5, 5.41) is 6.03. The van der Waals surface area contributed by atoms with Crippen molar-refractivity contribution in [2.45, 2.75) is 19.5 Å². The van der Waals surface area contributed by atoms with Crippen LogP contribution >= 0.6 is 11.3 Å². The van der Waals surface area contributed by atoms with Crippen LogP contribution in [0.4, 0.5) is 5.13 Å². The highest BCUT2D eigenvalue weighted by Crippen LogP contribution is 2.29. The van der Waals surface area contributed by atoms with E-state index in [-0.39, 0.29) is 11.9 Å². The van der Waals surface area contributed by atoms with Gasteiger partial charge in [0.15, 0.2) is 16.6 Å². The van der Waals surface area contributed by atoms with Gasteiger partial charge < -0.3 is 20.1 Å². The summed E-state index contributed by atoms with van der Waals surface area (Å²) in [5.41, 5.74) is 0.785. The predicted octanol–water partition coefficient (Wildman–Crippen LogP) is 2.17. The smallest absolute Gasteiger partial charge is 0.261 e. The molecule has 4 aromatic rings. The molecule has 33 heavy (non-hydrogen) atoms. The van der Waals surface area contributed by atoms with Crippen LogP contribution in [0.15, 0.2) is 47.5 Å². The Labute approximate surface area is 192 Å². The number of anilines is 1. The van der Waals surface area contributed by atoms with Gasteiger partial charge in [-0.25, -0.2) is 9.97 Å². The minimum absolute atomic E-state index is 0.282. The summed E-state index contributed by atoms with van der Waals surface area (Å²) in [7, 11) is 2.95. The largest absolute Gasteiger partial charge is 0.493 e. The van der Waals surface area contributed by atoms with Gasteiger partial charge >= 0.3 is 0 Å². The molecule has 0 spiro atoms. The van der Waals surface area contributed by atoms with Crippen LogP contribution in [0.3, 0.4) is 0 Å². The minimum atomic E-state index is -0.835. The van der Waals surface area contributed by atoms with Gasteiger partial charge in [-0.1, -0.05) is 23.5 Å². The van der Waals surface area contributed by atoms with Crippen molar-refractivity contribution in [2.24, 2.45) is 0 Å². The molecule has 1 atom stereocenters. The Kier molecular flexibility index (Phi) is 6.22. The number of methoxy groups -OCH3 is 2. The Balaban J connectivity index is 1.44. The first-order chi connectivity index (χ1) is 15.9. The van der Waals surface area contributed by atoms with Gasteiger partial charge in [-0.05, 0) is 25.1 Å². The lowest BCUT2D eigenvalue weighted by Crippen LogP contribution is -2.43. The molecule has 4 rings (SSSR count). The number of aromatic nitrogens is 3. The molecule has 0 radical (unpaired) electrons. The van der Waals surface area contributed by atoms with E-state index in [4.69, 9.17) is 9.47 Å². The maximum absolute atomic E-state index is 12.8. The van der Waals surface area contributed by atoms with Crippen LogP contribution in [0.25, 0.3) is 21.1 Å². The fraction of sp³-hybridized carbons (Fsp3) is 0.227. The van der Waals surface area contributed by atoms with E-state index in [1.54, 1.807) is 13.0 Å². The van der Waals surface area contributed by atoms with Crippen LogP contribution in [0.2, 0.25) is 0 Å². The number of carbonyl (C=O) groups is 2. The summed E-state index contributed by atoms with van der Waals surface area (Å²) in [6, 6.07) is 9.80. The van der Waals surface area contributed by atoms with Crippen molar-refractivity contribution in [2.75, 3.05) is 19.5 Å². The average Bonchev–Trinajstić information content (AvgIpc) is 3.22. The number of amides is 2. The van der Waals surface area contributed by atoms with Crippen molar-refractivity contribution in [3.8, 4) is 11.5 Å². The molecule has 0 aliphatic heterocycles. The minimum Gasteiger partial charge on any atom is -0.493 e. The van der Waals surface area contributed by atoms with Gasteiger partial charge in [0, 0.05) is 6.07 Å². The molecule has 2 N–H and O–H groups in total. The number of thiazole rings is 1. The number of fused-ring (bicyclic) bond motifs is 2. The molecule has 0 unspecified atom stereocenters. The summed E-state index contributed by atoms with van der Waals surface area (Å²) in [4.78, 5) is 46.4. The number of rotatable bonds is 7. The highest BCUT2D eigenvalue weighted by Gasteiger charge is 2.19. The monoisotopic (exact) mass is 467 g/mol. The molecule has 2 heterocycles. The first kappa shape index (κ1) is 22.2. The molecule has 0 saturated heterocycles. The molecule has 170 valence electrons. The van der Waals surface area contributed by atoms with Gasteiger partial charge in [0.1, 0.15) is 12.6 Å². The lowest BCUT2D eigenvalue weighted by molar-refractivity contribution is -0.126. The topological polar surface area (TPSA) is 124 Å². The standard InChI is InChI=1S/C22H21N5O5S/c1-12(20(29)26-22-25-14-6-4-5-7-18(14)33-22)24-19(28)10-27-11-23-15-9-17(32-3)16(31-2)8-13(15)21(27)30/h4-9,11-12H,10H2,1-3H3,(H,24,28)(H,25,26,29)/t12-/m1/s1. The van der Waals surface area contributed by atoms with Crippen LogP contribution in [0, 0.1) is 0 Å². The maximum atomic E-state index is 12.8. The van der Waals surface area contributed by atoms with Gasteiger partial charge in [0.25, 0.3) is 5.56 Å². The highest BCUT2D eigenvalue weighted by atomic mass is 32.1.